The molecule has 5 heteroatoms. The SMILES string of the molecule is CC1=NN=C(c2nccn2C)[NH+]1C. The molecule has 0 aliphatic carbocycles. The molecule has 1 aromatic heterocycles. The molecule has 1 atom stereocenters. The zero-order chi connectivity index (χ0) is 9.42. The Hall–Kier alpha value is -1.49. The van der Waals surface area contributed by atoms with Crippen LogP contribution in [-0.2, 0) is 7.05 Å². The summed E-state index contributed by atoms with van der Waals surface area (Å²) < 4.78 is 1.94. The van der Waals surface area contributed by atoms with Crippen molar-refractivity contribution in [2.45, 2.75) is 6.92 Å². The highest BCUT2D eigenvalue weighted by Crippen LogP contribution is 1.96. The van der Waals surface area contributed by atoms with Crippen LogP contribution in [0.25, 0.3) is 0 Å². The maximum Gasteiger partial charge on any atom is 0.294 e. The first-order chi connectivity index (χ1) is 6.20. The average molecular weight is 178 g/mol. The Morgan fingerprint density at radius 1 is 1.38 bits per heavy atom. The van der Waals surface area contributed by atoms with E-state index in [0.717, 1.165) is 22.4 Å². The monoisotopic (exact) mass is 178 g/mol. The van der Waals surface area contributed by atoms with Crippen molar-refractivity contribution in [1.82, 2.24) is 9.55 Å². The van der Waals surface area contributed by atoms with E-state index in [1.54, 1.807) is 6.20 Å². The molecule has 68 valence electrons. The molecule has 0 radical (unpaired) electrons. The van der Waals surface area contributed by atoms with Gasteiger partial charge in [-0.2, -0.15) is 0 Å². The van der Waals surface area contributed by atoms with E-state index >= 15 is 0 Å². The third-order valence-corrected chi connectivity index (χ3v) is 2.23. The summed E-state index contributed by atoms with van der Waals surface area (Å²) in [5, 5.41) is 8.10. The number of rotatable bonds is 1. The second-order valence-corrected chi connectivity index (χ2v) is 3.12. The van der Waals surface area contributed by atoms with E-state index in [0.29, 0.717) is 0 Å². The number of hydrogen-bond acceptors (Lipinski definition) is 3. The van der Waals surface area contributed by atoms with Gasteiger partial charge in [0.15, 0.2) is 0 Å². The molecular formula is C8H12N5+. The fourth-order valence-corrected chi connectivity index (χ4v) is 1.25. The first-order valence-corrected chi connectivity index (χ1v) is 4.14. The van der Waals surface area contributed by atoms with Gasteiger partial charge in [-0.1, -0.05) is 10.2 Å². The quantitative estimate of drug-likeness (QED) is 0.591. The summed E-state index contributed by atoms with van der Waals surface area (Å²) in [6.45, 7) is 1.95. The van der Waals surface area contributed by atoms with Crippen LogP contribution < -0.4 is 4.90 Å². The van der Waals surface area contributed by atoms with Crippen molar-refractivity contribution < 1.29 is 4.90 Å². The van der Waals surface area contributed by atoms with Gasteiger partial charge in [-0.25, -0.2) is 9.88 Å². The first-order valence-electron chi connectivity index (χ1n) is 4.14. The summed E-state index contributed by atoms with van der Waals surface area (Å²) in [6.07, 6.45) is 3.66. The summed E-state index contributed by atoms with van der Waals surface area (Å²) in [6, 6.07) is 0. The van der Waals surface area contributed by atoms with Crippen LogP contribution in [0.1, 0.15) is 12.7 Å². The number of hydrogen-bond donors (Lipinski definition) is 1. The molecule has 0 amide bonds. The molecule has 0 fully saturated rings. The maximum absolute atomic E-state index is 4.22. The standard InChI is InChI=1S/C8H11N5/c1-6-10-11-8(13(6)3)7-9-4-5-12(7)2/h4-5H,1-3H3/p+1. The molecule has 1 aliphatic heterocycles. The predicted octanol–water partition coefficient (Wildman–Crippen LogP) is -0.972. The summed E-state index contributed by atoms with van der Waals surface area (Å²) in [5.41, 5.74) is 0. The minimum absolute atomic E-state index is 0.873. The van der Waals surface area contributed by atoms with Crippen LogP contribution in [0, 0.1) is 0 Å². The van der Waals surface area contributed by atoms with E-state index < -0.39 is 0 Å². The first kappa shape index (κ1) is 8.12. The van der Waals surface area contributed by atoms with E-state index in [4.69, 9.17) is 0 Å². The Morgan fingerprint density at radius 3 is 2.62 bits per heavy atom. The highest BCUT2D eigenvalue weighted by atomic mass is 15.4. The number of aryl methyl sites for hydroxylation is 1. The molecule has 2 heterocycles. The molecule has 0 saturated heterocycles. The largest absolute Gasteiger partial charge is 0.328 e. The van der Waals surface area contributed by atoms with Crippen molar-refractivity contribution in [3.05, 3.63) is 18.2 Å². The Balaban J connectivity index is 2.37. The molecule has 0 bridgehead atoms. The molecular weight excluding hydrogens is 166 g/mol. The normalized spacial score (nSPS) is 21.6. The van der Waals surface area contributed by atoms with E-state index in [9.17, 15) is 0 Å². The van der Waals surface area contributed by atoms with Gasteiger partial charge in [-0.3, -0.25) is 0 Å². The Morgan fingerprint density at radius 2 is 2.15 bits per heavy atom. The van der Waals surface area contributed by atoms with Crippen molar-refractivity contribution in [3.8, 4) is 0 Å². The van der Waals surface area contributed by atoms with Crippen LogP contribution in [0.4, 0.5) is 0 Å². The van der Waals surface area contributed by atoms with Gasteiger partial charge in [0.1, 0.15) is 0 Å². The fourth-order valence-electron chi connectivity index (χ4n) is 1.25. The predicted molar refractivity (Wildman–Crippen MR) is 49.7 cm³/mol. The number of quaternary nitrogens is 1. The number of imidazole rings is 1. The minimum Gasteiger partial charge on any atom is -0.328 e. The topological polar surface area (TPSA) is 47.0 Å². The highest BCUT2D eigenvalue weighted by molar-refractivity contribution is 5.97. The molecule has 0 spiro atoms. The summed E-state index contributed by atoms with van der Waals surface area (Å²) in [4.78, 5) is 5.33. The van der Waals surface area contributed by atoms with E-state index in [1.165, 1.54) is 0 Å². The van der Waals surface area contributed by atoms with Crippen molar-refractivity contribution in [2.24, 2.45) is 17.3 Å². The van der Waals surface area contributed by atoms with Crippen molar-refractivity contribution >= 4 is 11.7 Å². The molecule has 1 unspecified atom stereocenters. The number of aromatic nitrogens is 2. The summed E-state index contributed by atoms with van der Waals surface area (Å²) in [7, 11) is 3.96. The van der Waals surface area contributed by atoms with Crippen LogP contribution in [0.5, 0.6) is 0 Å². The lowest BCUT2D eigenvalue weighted by Gasteiger charge is -2.06. The van der Waals surface area contributed by atoms with Crippen LogP contribution >= 0.6 is 0 Å². The lowest BCUT2D eigenvalue weighted by Crippen LogP contribution is -3.13. The number of nitrogens with one attached hydrogen (secondary N) is 1. The van der Waals surface area contributed by atoms with Crippen LogP contribution in [0.2, 0.25) is 0 Å². The second kappa shape index (κ2) is 2.77. The van der Waals surface area contributed by atoms with Gasteiger partial charge in [0.2, 0.25) is 11.7 Å². The molecule has 1 N–H and O–H groups in total. The van der Waals surface area contributed by atoms with Crippen LogP contribution in [-0.4, -0.2) is 28.3 Å². The van der Waals surface area contributed by atoms with Gasteiger partial charge in [0.25, 0.3) is 5.84 Å². The molecule has 5 nitrogen and oxygen atoms in total. The fraction of sp³-hybridized carbons (Fsp3) is 0.375. The van der Waals surface area contributed by atoms with Gasteiger partial charge in [0, 0.05) is 26.4 Å². The number of nitrogens with zero attached hydrogens (tertiary/aromatic N) is 4. The van der Waals surface area contributed by atoms with Crippen LogP contribution in [0.15, 0.2) is 22.6 Å². The molecule has 1 aromatic rings. The number of amidine groups is 2. The average Bonchev–Trinajstić information content (AvgIpc) is 2.62. The molecule has 0 aromatic carbocycles. The molecule has 0 saturated carbocycles. The minimum atomic E-state index is 0.873. The summed E-state index contributed by atoms with van der Waals surface area (Å²) in [5.74, 6) is 2.72. The van der Waals surface area contributed by atoms with Crippen molar-refractivity contribution in [1.29, 1.82) is 0 Å². The molecule has 2 rings (SSSR count). The van der Waals surface area contributed by atoms with E-state index in [1.807, 2.05) is 31.8 Å². The maximum atomic E-state index is 4.22. The highest BCUT2D eigenvalue weighted by Gasteiger charge is 2.26. The van der Waals surface area contributed by atoms with Gasteiger partial charge < -0.3 is 4.57 Å². The smallest absolute Gasteiger partial charge is 0.294 e. The van der Waals surface area contributed by atoms with Gasteiger partial charge in [0.05, 0.1) is 7.05 Å². The zero-order valence-corrected chi connectivity index (χ0v) is 7.94. The van der Waals surface area contributed by atoms with Crippen LogP contribution in [0.3, 0.4) is 0 Å². The lowest BCUT2D eigenvalue weighted by atomic mass is 10.4. The molecule has 13 heavy (non-hydrogen) atoms. The zero-order valence-electron chi connectivity index (χ0n) is 7.94. The Bertz CT molecular complexity index is 387. The van der Waals surface area contributed by atoms with Gasteiger partial charge >= 0.3 is 0 Å². The van der Waals surface area contributed by atoms with E-state index in [-0.39, 0.29) is 0 Å². The van der Waals surface area contributed by atoms with Crippen molar-refractivity contribution in [2.75, 3.05) is 7.05 Å². The van der Waals surface area contributed by atoms with E-state index in [2.05, 4.69) is 15.2 Å². The third kappa shape index (κ3) is 1.17. The second-order valence-electron chi connectivity index (χ2n) is 3.12. The third-order valence-electron chi connectivity index (χ3n) is 2.23. The van der Waals surface area contributed by atoms with Gasteiger partial charge in [-0.05, 0) is 0 Å². The van der Waals surface area contributed by atoms with Gasteiger partial charge in [-0.15, -0.1) is 0 Å². The Labute approximate surface area is 76.4 Å². The lowest BCUT2D eigenvalue weighted by molar-refractivity contribution is -0.672. The Kier molecular flexibility index (Phi) is 1.73. The molecule has 1 aliphatic rings. The van der Waals surface area contributed by atoms with Crippen molar-refractivity contribution in [3.63, 3.8) is 0 Å². The summed E-state index contributed by atoms with van der Waals surface area (Å²) >= 11 is 0.